The average Bonchev–Trinajstić information content (AvgIpc) is 4.02. The van der Waals surface area contributed by atoms with Crippen molar-refractivity contribution in [2.24, 2.45) is 34.6 Å². The van der Waals surface area contributed by atoms with Crippen molar-refractivity contribution in [3.63, 3.8) is 0 Å². The number of fused-ring (bicyclic) bond motifs is 6. The van der Waals surface area contributed by atoms with Crippen LogP contribution in [-0.2, 0) is 20.7 Å². The molecule has 3 amide bonds. The van der Waals surface area contributed by atoms with E-state index in [-0.39, 0.29) is 35.7 Å². The number of rotatable bonds is 9. The molecular formula is C47H56N6O4. The molecule has 2 N–H and O–H groups in total. The van der Waals surface area contributed by atoms with E-state index in [1.165, 1.54) is 23.4 Å². The summed E-state index contributed by atoms with van der Waals surface area (Å²) >= 11 is 0. The predicted octanol–water partition coefficient (Wildman–Crippen LogP) is 9.37. The molecule has 0 saturated carbocycles. The number of alkyl carbamates (subject to hydrolysis) is 1. The van der Waals surface area contributed by atoms with Crippen molar-refractivity contribution in [1.82, 2.24) is 25.1 Å². The van der Waals surface area contributed by atoms with Crippen molar-refractivity contribution in [3.8, 4) is 11.1 Å². The third kappa shape index (κ3) is 7.06. The third-order valence-corrected chi connectivity index (χ3v) is 13.1. The molecule has 0 bridgehead atoms. The molecule has 4 aromatic carbocycles. The summed E-state index contributed by atoms with van der Waals surface area (Å²) in [7, 11) is 1.31. The first-order chi connectivity index (χ1) is 27.3. The van der Waals surface area contributed by atoms with Gasteiger partial charge >= 0.3 is 6.09 Å². The molecule has 298 valence electrons. The second kappa shape index (κ2) is 15.3. The van der Waals surface area contributed by atoms with Crippen LogP contribution in [0.3, 0.4) is 0 Å². The molecule has 2 fully saturated rings. The van der Waals surface area contributed by atoms with Crippen molar-refractivity contribution >= 4 is 61.9 Å². The lowest BCUT2D eigenvalue weighted by atomic mass is 9.93. The van der Waals surface area contributed by atoms with Crippen LogP contribution in [0.2, 0.25) is 0 Å². The molecule has 3 aliphatic rings. The SMILES string of the molecule is CC[C@H]1C[C@@H](c2nc3c(ccc4cc(-c5ccc6c7c(ccc6c5)N=C([C@@H]5C[C@H](C)CN5C(=O)[C@@H](C)C(C)C)C7)ccc43)[nH]2)N(C(=O)[C@@H](NC(=O)OC)C(C)C)C1. The van der Waals surface area contributed by atoms with Crippen LogP contribution in [0.4, 0.5) is 10.5 Å². The van der Waals surface area contributed by atoms with Crippen LogP contribution < -0.4 is 5.32 Å². The molecule has 10 heteroatoms. The van der Waals surface area contributed by atoms with E-state index in [9.17, 15) is 14.4 Å². The number of carbonyl (C=O) groups is 3. The fourth-order valence-corrected chi connectivity index (χ4v) is 9.33. The Labute approximate surface area is 335 Å². The van der Waals surface area contributed by atoms with Gasteiger partial charge in [0.2, 0.25) is 11.8 Å². The fourth-order valence-electron chi connectivity index (χ4n) is 9.33. The molecule has 3 aliphatic heterocycles. The minimum Gasteiger partial charge on any atom is -0.453 e. The minimum absolute atomic E-state index is 0.00463. The van der Waals surface area contributed by atoms with Gasteiger partial charge in [-0.15, -0.1) is 0 Å². The molecule has 8 rings (SSSR count). The van der Waals surface area contributed by atoms with Gasteiger partial charge in [-0.1, -0.05) is 91.3 Å². The van der Waals surface area contributed by atoms with Crippen LogP contribution in [0.25, 0.3) is 43.7 Å². The van der Waals surface area contributed by atoms with Crippen molar-refractivity contribution in [3.05, 3.63) is 72.1 Å². The number of carbonyl (C=O) groups excluding carboxylic acids is 3. The maximum atomic E-state index is 14.0. The summed E-state index contributed by atoms with van der Waals surface area (Å²) in [6.07, 6.45) is 2.89. The highest BCUT2D eigenvalue weighted by Crippen LogP contribution is 2.41. The van der Waals surface area contributed by atoms with Gasteiger partial charge in [0.1, 0.15) is 11.9 Å². The monoisotopic (exact) mass is 768 g/mol. The Kier molecular flexibility index (Phi) is 10.3. The second-order valence-electron chi connectivity index (χ2n) is 17.6. The third-order valence-electron chi connectivity index (χ3n) is 13.1. The molecule has 2 saturated heterocycles. The number of aromatic amines is 1. The topological polar surface area (TPSA) is 120 Å². The Balaban J connectivity index is 1.05. The van der Waals surface area contributed by atoms with E-state index < -0.39 is 12.1 Å². The highest BCUT2D eigenvalue weighted by Gasteiger charge is 2.42. The normalized spacial score (nSPS) is 21.8. The standard InChI is InChI=1S/C47H56N6O4/c1-9-29-19-41(53(24-29)46(55)42(26(4)5)51-47(56)57-8)44-49-38-17-13-33-21-31(11-15-35(33)43(38)50-44)30-10-14-34-32(20-30)12-16-37-36(34)22-39(48-37)40-18-27(6)23-52(40)45(54)28(7)25(2)3/h10-17,20-21,25-29,40-42H,9,18-19,22-24H2,1-8H3,(H,49,50)(H,51,56)/t27-,28-,29-,40-,41-,42-/m0/s1. The molecule has 57 heavy (non-hydrogen) atoms. The van der Waals surface area contributed by atoms with Crippen molar-refractivity contribution in [2.45, 2.75) is 92.3 Å². The first-order valence-corrected chi connectivity index (χ1v) is 20.9. The summed E-state index contributed by atoms with van der Waals surface area (Å²) in [5, 5.41) is 7.30. The molecule has 1 aromatic heterocycles. The molecule has 4 heterocycles. The minimum atomic E-state index is -0.691. The van der Waals surface area contributed by atoms with Gasteiger partial charge in [0, 0.05) is 36.5 Å². The smallest absolute Gasteiger partial charge is 0.407 e. The molecule has 0 aliphatic carbocycles. The molecule has 10 nitrogen and oxygen atoms in total. The molecule has 6 atom stereocenters. The summed E-state index contributed by atoms with van der Waals surface area (Å²) in [5.41, 5.74) is 7.47. The zero-order chi connectivity index (χ0) is 40.3. The number of ether oxygens (including phenoxy) is 1. The lowest BCUT2D eigenvalue weighted by Gasteiger charge is -2.30. The number of aromatic nitrogens is 2. The zero-order valence-electron chi connectivity index (χ0n) is 34.6. The van der Waals surface area contributed by atoms with E-state index in [2.05, 4.69) is 110 Å². The molecule has 0 radical (unpaired) electrons. The van der Waals surface area contributed by atoms with Crippen molar-refractivity contribution < 1.29 is 19.1 Å². The number of nitrogens with zero attached hydrogens (tertiary/aromatic N) is 4. The number of amides is 3. The zero-order valence-corrected chi connectivity index (χ0v) is 34.6. The van der Waals surface area contributed by atoms with Crippen LogP contribution in [0.1, 0.15) is 85.2 Å². The van der Waals surface area contributed by atoms with Gasteiger partial charge < -0.3 is 24.8 Å². The van der Waals surface area contributed by atoms with Gasteiger partial charge in [-0.05, 0) is 93.6 Å². The Hall–Kier alpha value is -5.25. The maximum absolute atomic E-state index is 14.0. The van der Waals surface area contributed by atoms with Crippen LogP contribution in [0, 0.1) is 29.6 Å². The predicted molar refractivity (Wildman–Crippen MR) is 228 cm³/mol. The van der Waals surface area contributed by atoms with Crippen molar-refractivity contribution in [2.75, 3.05) is 20.2 Å². The van der Waals surface area contributed by atoms with Crippen LogP contribution in [-0.4, -0.2) is 75.7 Å². The van der Waals surface area contributed by atoms with Gasteiger partial charge in [0.15, 0.2) is 0 Å². The Morgan fingerprint density at radius 2 is 1.53 bits per heavy atom. The molecule has 5 aromatic rings. The number of aliphatic imine (C=N–C) groups is 1. The number of nitrogens with one attached hydrogen (secondary N) is 2. The summed E-state index contributed by atoms with van der Waals surface area (Å²) in [6, 6.07) is 21.0. The van der Waals surface area contributed by atoms with Gasteiger partial charge in [0.05, 0.1) is 35.9 Å². The maximum Gasteiger partial charge on any atom is 0.407 e. The number of methoxy groups -OCH3 is 1. The van der Waals surface area contributed by atoms with E-state index in [1.54, 1.807) is 0 Å². The number of hydrogen-bond donors (Lipinski definition) is 2. The van der Waals surface area contributed by atoms with Gasteiger partial charge in [-0.2, -0.15) is 0 Å². The van der Waals surface area contributed by atoms with E-state index in [0.717, 1.165) is 82.4 Å². The lowest BCUT2D eigenvalue weighted by Crippen LogP contribution is -2.51. The molecular weight excluding hydrogens is 713 g/mol. The Bertz CT molecular complexity index is 2410. The number of imidazole rings is 1. The molecule has 0 unspecified atom stereocenters. The van der Waals surface area contributed by atoms with Crippen LogP contribution >= 0.6 is 0 Å². The van der Waals surface area contributed by atoms with E-state index in [1.807, 2.05) is 18.7 Å². The van der Waals surface area contributed by atoms with Crippen LogP contribution in [0.15, 0.2) is 65.7 Å². The van der Waals surface area contributed by atoms with E-state index >= 15 is 0 Å². The van der Waals surface area contributed by atoms with Gasteiger partial charge in [-0.25, -0.2) is 9.78 Å². The quantitative estimate of drug-likeness (QED) is 0.155. The summed E-state index contributed by atoms with van der Waals surface area (Å²) in [4.78, 5) is 57.5. The summed E-state index contributed by atoms with van der Waals surface area (Å²) in [6.45, 7) is 16.0. The van der Waals surface area contributed by atoms with Gasteiger partial charge in [-0.3, -0.25) is 14.6 Å². The average molecular weight is 769 g/mol. The Morgan fingerprint density at radius 1 is 0.842 bits per heavy atom. The van der Waals surface area contributed by atoms with E-state index in [0.29, 0.717) is 24.3 Å². The second-order valence-corrected chi connectivity index (χ2v) is 17.6. The number of benzene rings is 4. The number of likely N-dealkylation sites (tertiary alicyclic amines) is 2. The highest BCUT2D eigenvalue weighted by atomic mass is 16.5. The van der Waals surface area contributed by atoms with Gasteiger partial charge in [0.25, 0.3) is 0 Å². The molecule has 0 spiro atoms. The fraction of sp³-hybridized carbons (Fsp3) is 0.468. The van der Waals surface area contributed by atoms with E-state index in [4.69, 9.17) is 14.7 Å². The lowest BCUT2D eigenvalue weighted by molar-refractivity contribution is -0.136. The van der Waals surface area contributed by atoms with Crippen molar-refractivity contribution in [1.29, 1.82) is 0 Å². The first kappa shape index (κ1) is 38.6. The summed E-state index contributed by atoms with van der Waals surface area (Å²) in [5.74, 6) is 1.90. The first-order valence-electron chi connectivity index (χ1n) is 20.9. The number of hydrogen-bond acceptors (Lipinski definition) is 6. The summed E-state index contributed by atoms with van der Waals surface area (Å²) < 4.78 is 4.84. The largest absolute Gasteiger partial charge is 0.453 e. The van der Waals surface area contributed by atoms with Crippen LogP contribution in [0.5, 0.6) is 0 Å². The number of H-pyrrole nitrogens is 1. The highest BCUT2D eigenvalue weighted by molar-refractivity contribution is 6.07. The Morgan fingerprint density at radius 3 is 2.21 bits per heavy atom.